The van der Waals surface area contributed by atoms with Crippen LogP contribution in [0, 0.1) is 12.3 Å². The van der Waals surface area contributed by atoms with Crippen LogP contribution in [0.3, 0.4) is 0 Å². The first-order valence-electron chi connectivity index (χ1n) is 9.32. The summed E-state index contributed by atoms with van der Waals surface area (Å²) in [7, 11) is 0. The third-order valence-corrected chi connectivity index (χ3v) is 4.42. The number of carbonyl (C=O) groups is 2. The molecule has 0 radical (unpaired) electrons. The van der Waals surface area contributed by atoms with Gasteiger partial charge in [0.2, 0.25) is 5.91 Å². The number of nitrogens with one attached hydrogen (secondary N) is 1. The van der Waals surface area contributed by atoms with Gasteiger partial charge in [-0.05, 0) is 36.8 Å². The van der Waals surface area contributed by atoms with Crippen LogP contribution in [0.4, 0.5) is 11.4 Å². The number of carbonyl (C=O) groups excluding carboxylic acids is 2. The van der Waals surface area contributed by atoms with Gasteiger partial charge in [0.1, 0.15) is 18.1 Å². The number of benzene rings is 2. The summed E-state index contributed by atoms with van der Waals surface area (Å²) in [6.07, 6.45) is 0. The normalized spacial score (nSPS) is 13.6. The molecule has 0 spiro atoms. The largest absolute Gasteiger partial charge is 0.492 e. The SMILES string of the molecule is Cc1cccc(OCCN2C(=O)COc3cc(NC(=O)C(C)(C)C)ccc32)c1. The van der Waals surface area contributed by atoms with Crippen LogP contribution in [0.15, 0.2) is 42.5 Å². The molecule has 6 heteroatoms. The quantitative estimate of drug-likeness (QED) is 0.854. The van der Waals surface area contributed by atoms with E-state index < -0.39 is 5.41 Å². The van der Waals surface area contributed by atoms with Crippen LogP contribution in [0.5, 0.6) is 11.5 Å². The van der Waals surface area contributed by atoms with Crippen molar-refractivity contribution in [2.75, 3.05) is 30.0 Å². The van der Waals surface area contributed by atoms with Crippen molar-refractivity contribution in [2.24, 2.45) is 5.41 Å². The molecular weight excluding hydrogens is 356 g/mol. The molecule has 1 aliphatic heterocycles. The Balaban J connectivity index is 1.69. The van der Waals surface area contributed by atoms with Gasteiger partial charge in [-0.25, -0.2) is 0 Å². The lowest BCUT2D eigenvalue weighted by molar-refractivity contribution is -0.123. The molecule has 6 nitrogen and oxygen atoms in total. The smallest absolute Gasteiger partial charge is 0.265 e. The molecule has 0 saturated carbocycles. The van der Waals surface area contributed by atoms with Gasteiger partial charge < -0.3 is 19.7 Å². The number of hydrogen-bond acceptors (Lipinski definition) is 4. The van der Waals surface area contributed by atoms with Crippen LogP contribution in [-0.2, 0) is 9.59 Å². The zero-order chi connectivity index (χ0) is 20.3. The van der Waals surface area contributed by atoms with Crippen LogP contribution < -0.4 is 19.7 Å². The highest BCUT2D eigenvalue weighted by Gasteiger charge is 2.27. The van der Waals surface area contributed by atoms with Crippen molar-refractivity contribution in [3.05, 3.63) is 48.0 Å². The number of ether oxygens (including phenoxy) is 2. The zero-order valence-corrected chi connectivity index (χ0v) is 16.7. The van der Waals surface area contributed by atoms with Crippen molar-refractivity contribution in [1.29, 1.82) is 0 Å². The lowest BCUT2D eigenvalue weighted by Crippen LogP contribution is -2.41. The van der Waals surface area contributed by atoms with Crippen molar-refractivity contribution in [1.82, 2.24) is 0 Å². The number of fused-ring (bicyclic) bond motifs is 1. The lowest BCUT2D eigenvalue weighted by Gasteiger charge is -2.30. The summed E-state index contributed by atoms with van der Waals surface area (Å²) in [5.41, 5.74) is 1.95. The number of rotatable bonds is 5. The van der Waals surface area contributed by atoms with Gasteiger partial charge in [0.15, 0.2) is 6.61 Å². The number of anilines is 2. The minimum atomic E-state index is -0.494. The van der Waals surface area contributed by atoms with Crippen molar-refractivity contribution in [3.8, 4) is 11.5 Å². The van der Waals surface area contributed by atoms with Gasteiger partial charge in [-0.3, -0.25) is 9.59 Å². The van der Waals surface area contributed by atoms with E-state index in [2.05, 4.69) is 5.32 Å². The van der Waals surface area contributed by atoms with Crippen molar-refractivity contribution in [2.45, 2.75) is 27.7 Å². The summed E-state index contributed by atoms with van der Waals surface area (Å²) in [6.45, 7) is 8.32. The van der Waals surface area contributed by atoms with Crippen molar-refractivity contribution in [3.63, 3.8) is 0 Å². The molecule has 0 aliphatic carbocycles. The Morgan fingerprint density at radius 1 is 1.21 bits per heavy atom. The summed E-state index contributed by atoms with van der Waals surface area (Å²) in [5.74, 6) is 1.15. The third-order valence-electron chi connectivity index (χ3n) is 4.42. The molecule has 1 aliphatic rings. The fourth-order valence-electron chi connectivity index (χ4n) is 2.81. The Morgan fingerprint density at radius 2 is 2.00 bits per heavy atom. The second-order valence-electron chi connectivity index (χ2n) is 7.89. The maximum absolute atomic E-state index is 12.3. The summed E-state index contributed by atoms with van der Waals surface area (Å²) in [5, 5.41) is 2.88. The molecule has 1 N–H and O–H groups in total. The van der Waals surface area contributed by atoms with Crippen LogP contribution in [0.1, 0.15) is 26.3 Å². The molecule has 148 valence electrons. The van der Waals surface area contributed by atoms with E-state index in [0.717, 1.165) is 11.3 Å². The second-order valence-corrected chi connectivity index (χ2v) is 7.89. The van der Waals surface area contributed by atoms with Crippen LogP contribution in [0.2, 0.25) is 0 Å². The van der Waals surface area contributed by atoms with E-state index in [1.165, 1.54) is 0 Å². The first-order valence-corrected chi connectivity index (χ1v) is 9.32. The molecule has 2 aromatic rings. The molecule has 0 fully saturated rings. The van der Waals surface area contributed by atoms with E-state index in [9.17, 15) is 9.59 Å². The minimum Gasteiger partial charge on any atom is -0.492 e. The van der Waals surface area contributed by atoms with E-state index in [1.54, 1.807) is 23.1 Å². The molecule has 0 bridgehead atoms. The van der Waals surface area contributed by atoms with Crippen molar-refractivity contribution >= 4 is 23.2 Å². The third kappa shape index (κ3) is 4.63. The van der Waals surface area contributed by atoms with Crippen molar-refractivity contribution < 1.29 is 19.1 Å². The monoisotopic (exact) mass is 382 g/mol. The van der Waals surface area contributed by atoms with Crippen LogP contribution in [-0.4, -0.2) is 31.6 Å². The van der Waals surface area contributed by atoms with Crippen LogP contribution >= 0.6 is 0 Å². The Kier molecular flexibility index (Phi) is 5.58. The molecule has 0 saturated heterocycles. The standard InChI is InChI=1S/C22H26N2O4/c1-15-6-5-7-17(12-15)27-11-10-24-18-9-8-16(23-21(26)22(2,3)4)13-19(18)28-14-20(24)25/h5-9,12-13H,10-11,14H2,1-4H3,(H,23,26). The predicted molar refractivity (Wildman–Crippen MR) is 109 cm³/mol. The van der Waals surface area contributed by atoms with E-state index in [-0.39, 0.29) is 18.4 Å². The average molecular weight is 382 g/mol. The van der Waals surface area contributed by atoms with Gasteiger partial charge in [0, 0.05) is 17.2 Å². The zero-order valence-electron chi connectivity index (χ0n) is 16.7. The number of hydrogen-bond donors (Lipinski definition) is 1. The molecule has 2 aromatic carbocycles. The highest BCUT2D eigenvalue weighted by Crippen LogP contribution is 2.35. The van der Waals surface area contributed by atoms with Gasteiger partial charge in [0.25, 0.3) is 5.91 Å². The van der Waals surface area contributed by atoms with E-state index >= 15 is 0 Å². The summed E-state index contributed by atoms with van der Waals surface area (Å²) >= 11 is 0. The average Bonchev–Trinajstić information content (AvgIpc) is 2.63. The fourth-order valence-corrected chi connectivity index (χ4v) is 2.81. The summed E-state index contributed by atoms with van der Waals surface area (Å²) in [6, 6.07) is 13.1. The van der Waals surface area contributed by atoms with Gasteiger partial charge in [-0.15, -0.1) is 0 Å². The number of aryl methyl sites for hydroxylation is 1. The van der Waals surface area contributed by atoms with Gasteiger partial charge in [0.05, 0.1) is 12.2 Å². The van der Waals surface area contributed by atoms with Gasteiger partial charge in [-0.2, -0.15) is 0 Å². The number of nitrogens with zero attached hydrogens (tertiary/aromatic N) is 1. The predicted octanol–water partition coefficient (Wildman–Crippen LogP) is 3.78. The molecule has 2 amide bonds. The Bertz CT molecular complexity index is 886. The number of amides is 2. The maximum atomic E-state index is 12.3. The molecule has 28 heavy (non-hydrogen) atoms. The molecule has 0 aromatic heterocycles. The first-order chi connectivity index (χ1) is 13.2. The lowest BCUT2D eigenvalue weighted by atomic mass is 9.95. The summed E-state index contributed by atoms with van der Waals surface area (Å²) < 4.78 is 11.3. The van der Waals surface area contributed by atoms with Crippen LogP contribution in [0.25, 0.3) is 0 Å². The van der Waals surface area contributed by atoms with Gasteiger partial charge >= 0.3 is 0 Å². The highest BCUT2D eigenvalue weighted by molar-refractivity contribution is 5.99. The maximum Gasteiger partial charge on any atom is 0.265 e. The fraction of sp³-hybridized carbons (Fsp3) is 0.364. The molecular formula is C22H26N2O4. The molecule has 3 rings (SSSR count). The Labute approximate surface area is 165 Å². The van der Waals surface area contributed by atoms with E-state index in [0.29, 0.717) is 30.3 Å². The molecule has 1 heterocycles. The topological polar surface area (TPSA) is 67.9 Å². The Hall–Kier alpha value is -3.02. The first kappa shape index (κ1) is 19.7. The molecule has 0 atom stereocenters. The highest BCUT2D eigenvalue weighted by atomic mass is 16.5. The Morgan fingerprint density at radius 3 is 2.71 bits per heavy atom. The summed E-state index contributed by atoms with van der Waals surface area (Å²) in [4.78, 5) is 26.2. The molecule has 0 unspecified atom stereocenters. The van der Waals surface area contributed by atoms with E-state index in [4.69, 9.17) is 9.47 Å². The second kappa shape index (κ2) is 7.92. The van der Waals surface area contributed by atoms with Gasteiger partial charge in [-0.1, -0.05) is 32.9 Å². The minimum absolute atomic E-state index is 0.0336. The van der Waals surface area contributed by atoms with E-state index in [1.807, 2.05) is 52.0 Å².